The molecular weight excluding hydrogens is 342 g/mol. The van der Waals surface area contributed by atoms with E-state index in [9.17, 15) is 9.59 Å². The van der Waals surface area contributed by atoms with Crippen LogP contribution in [0.25, 0.3) is 16.7 Å². The van der Waals surface area contributed by atoms with E-state index in [0.717, 1.165) is 25.7 Å². The van der Waals surface area contributed by atoms with Crippen LogP contribution in [0.5, 0.6) is 0 Å². The van der Waals surface area contributed by atoms with Crippen molar-refractivity contribution in [1.82, 2.24) is 19.3 Å². The molecule has 140 valence electrons. The SMILES string of the molecule is CC(C)n1c(=N)c(C(=O)NC2CCCC2)cc2c(=O)n3ccccc3nc21. The van der Waals surface area contributed by atoms with Crippen molar-refractivity contribution in [1.29, 1.82) is 5.41 Å². The fourth-order valence-corrected chi connectivity index (χ4v) is 3.86. The van der Waals surface area contributed by atoms with Crippen molar-refractivity contribution in [3.05, 3.63) is 51.9 Å². The molecule has 4 rings (SSSR count). The molecule has 3 aromatic heterocycles. The molecule has 0 atom stereocenters. The Kier molecular flexibility index (Phi) is 4.30. The normalized spacial score (nSPS) is 15.1. The third kappa shape index (κ3) is 2.93. The number of rotatable bonds is 3. The summed E-state index contributed by atoms with van der Waals surface area (Å²) in [7, 11) is 0. The highest BCUT2D eigenvalue weighted by molar-refractivity contribution is 5.97. The molecule has 1 aliphatic rings. The highest BCUT2D eigenvalue weighted by Gasteiger charge is 2.22. The molecule has 3 heterocycles. The van der Waals surface area contributed by atoms with Crippen molar-refractivity contribution in [2.45, 2.75) is 51.6 Å². The first-order valence-corrected chi connectivity index (χ1v) is 9.39. The number of carbonyl (C=O) groups excluding carboxylic acids is 1. The summed E-state index contributed by atoms with van der Waals surface area (Å²) in [6, 6.07) is 6.91. The first-order valence-electron chi connectivity index (χ1n) is 9.39. The second-order valence-corrected chi connectivity index (χ2v) is 7.41. The lowest BCUT2D eigenvalue weighted by molar-refractivity contribution is 0.0935. The minimum Gasteiger partial charge on any atom is -0.349 e. The molecule has 0 bridgehead atoms. The van der Waals surface area contributed by atoms with Crippen LogP contribution in [0.15, 0.2) is 35.3 Å². The first kappa shape index (κ1) is 17.5. The zero-order chi connectivity index (χ0) is 19.1. The van der Waals surface area contributed by atoms with Gasteiger partial charge in [0, 0.05) is 18.3 Å². The lowest BCUT2D eigenvalue weighted by Gasteiger charge is -2.18. The van der Waals surface area contributed by atoms with E-state index in [1.807, 2.05) is 19.9 Å². The second-order valence-electron chi connectivity index (χ2n) is 7.41. The van der Waals surface area contributed by atoms with Gasteiger partial charge in [0.25, 0.3) is 11.5 Å². The summed E-state index contributed by atoms with van der Waals surface area (Å²) in [6.07, 6.45) is 5.81. The lowest BCUT2D eigenvalue weighted by Crippen LogP contribution is -2.39. The summed E-state index contributed by atoms with van der Waals surface area (Å²) >= 11 is 0. The van der Waals surface area contributed by atoms with Gasteiger partial charge in [0.05, 0.1) is 10.9 Å². The Hall–Kier alpha value is -2.96. The average molecular weight is 365 g/mol. The van der Waals surface area contributed by atoms with E-state index in [0.29, 0.717) is 16.7 Å². The van der Waals surface area contributed by atoms with E-state index in [2.05, 4.69) is 10.3 Å². The molecule has 27 heavy (non-hydrogen) atoms. The van der Waals surface area contributed by atoms with Crippen molar-refractivity contribution in [3.63, 3.8) is 0 Å². The zero-order valence-corrected chi connectivity index (χ0v) is 15.5. The summed E-state index contributed by atoms with van der Waals surface area (Å²) in [6.45, 7) is 3.84. The van der Waals surface area contributed by atoms with E-state index in [4.69, 9.17) is 5.41 Å². The van der Waals surface area contributed by atoms with Crippen LogP contribution in [-0.4, -0.2) is 25.9 Å². The van der Waals surface area contributed by atoms with Crippen LogP contribution in [-0.2, 0) is 0 Å². The number of pyridine rings is 2. The van der Waals surface area contributed by atoms with Gasteiger partial charge in [-0.05, 0) is 44.9 Å². The van der Waals surface area contributed by atoms with Crippen molar-refractivity contribution in [2.24, 2.45) is 0 Å². The molecule has 1 aliphatic carbocycles. The summed E-state index contributed by atoms with van der Waals surface area (Å²) in [4.78, 5) is 30.4. The predicted molar refractivity (Wildman–Crippen MR) is 103 cm³/mol. The van der Waals surface area contributed by atoms with E-state index < -0.39 is 0 Å². The van der Waals surface area contributed by atoms with Crippen molar-refractivity contribution in [2.75, 3.05) is 0 Å². The van der Waals surface area contributed by atoms with E-state index in [1.54, 1.807) is 22.9 Å². The minimum atomic E-state index is -0.291. The molecule has 7 nitrogen and oxygen atoms in total. The second kappa shape index (κ2) is 6.64. The van der Waals surface area contributed by atoms with Gasteiger partial charge in [0.1, 0.15) is 16.8 Å². The molecule has 0 aromatic carbocycles. The third-order valence-corrected chi connectivity index (χ3v) is 5.21. The summed E-state index contributed by atoms with van der Waals surface area (Å²) < 4.78 is 3.13. The number of hydrogen-bond acceptors (Lipinski definition) is 4. The molecule has 0 radical (unpaired) electrons. The van der Waals surface area contributed by atoms with Crippen molar-refractivity contribution in [3.8, 4) is 0 Å². The van der Waals surface area contributed by atoms with Gasteiger partial charge in [-0.2, -0.15) is 0 Å². The number of nitrogens with one attached hydrogen (secondary N) is 2. The Morgan fingerprint density at radius 3 is 2.74 bits per heavy atom. The molecule has 1 fully saturated rings. The van der Waals surface area contributed by atoms with Gasteiger partial charge in [0.2, 0.25) is 0 Å². The summed E-state index contributed by atoms with van der Waals surface area (Å²) in [5, 5.41) is 12.0. The Balaban J connectivity index is 1.97. The number of carbonyl (C=O) groups is 1. The maximum absolute atomic E-state index is 13.0. The molecule has 0 aliphatic heterocycles. The predicted octanol–water partition coefficient (Wildman–Crippen LogP) is 2.38. The van der Waals surface area contributed by atoms with Crippen LogP contribution >= 0.6 is 0 Å². The van der Waals surface area contributed by atoms with Crippen LogP contribution in [0.4, 0.5) is 0 Å². The quantitative estimate of drug-likeness (QED) is 0.698. The average Bonchev–Trinajstić information content (AvgIpc) is 3.14. The Labute approximate surface area is 156 Å². The van der Waals surface area contributed by atoms with Crippen LogP contribution in [0.1, 0.15) is 55.9 Å². The molecule has 1 amide bonds. The number of nitrogens with zero attached hydrogens (tertiary/aromatic N) is 3. The van der Waals surface area contributed by atoms with E-state index in [1.165, 1.54) is 10.5 Å². The molecule has 3 aromatic rings. The molecule has 7 heteroatoms. The maximum Gasteiger partial charge on any atom is 0.267 e. The molecule has 0 spiro atoms. The lowest BCUT2D eigenvalue weighted by atomic mass is 10.1. The molecule has 0 saturated heterocycles. The fraction of sp³-hybridized carbons (Fsp3) is 0.400. The molecular formula is C20H23N5O2. The highest BCUT2D eigenvalue weighted by Crippen LogP contribution is 2.19. The highest BCUT2D eigenvalue weighted by atomic mass is 16.2. The molecule has 0 unspecified atom stereocenters. The first-order chi connectivity index (χ1) is 13.0. The van der Waals surface area contributed by atoms with Crippen LogP contribution in [0, 0.1) is 5.41 Å². The molecule has 1 saturated carbocycles. The summed E-state index contributed by atoms with van der Waals surface area (Å²) in [5.41, 5.74) is 1.02. The monoisotopic (exact) mass is 365 g/mol. The number of fused-ring (bicyclic) bond motifs is 2. The third-order valence-electron chi connectivity index (χ3n) is 5.21. The van der Waals surface area contributed by atoms with Crippen LogP contribution in [0.3, 0.4) is 0 Å². The topological polar surface area (TPSA) is 92.2 Å². The van der Waals surface area contributed by atoms with Gasteiger partial charge in [-0.25, -0.2) is 4.98 Å². The fourth-order valence-electron chi connectivity index (χ4n) is 3.86. The number of hydrogen-bond donors (Lipinski definition) is 2. The number of amides is 1. The van der Waals surface area contributed by atoms with Gasteiger partial charge < -0.3 is 9.88 Å². The maximum atomic E-state index is 13.0. The van der Waals surface area contributed by atoms with Gasteiger partial charge in [-0.15, -0.1) is 0 Å². The van der Waals surface area contributed by atoms with Gasteiger partial charge in [0.15, 0.2) is 0 Å². The van der Waals surface area contributed by atoms with Crippen LogP contribution in [0.2, 0.25) is 0 Å². The smallest absolute Gasteiger partial charge is 0.267 e. The zero-order valence-electron chi connectivity index (χ0n) is 15.5. The molecule has 2 N–H and O–H groups in total. The number of aromatic nitrogens is 3. The Morgan fingerprint density at radius 1 is 1.30 bits per heavy atom. The van der Waals surface area contributed by atoms with Crippen LogP contribution < -0.4 is 16.4 Å². The van der Waals surface area contributed by atoms with E-state index >= 15 is 0 Å². The van der Waals surface area contributed by atoms with Gasteiger partial charge >= 0.3 is 0 Å². The minimum absolute atomic E-state index is 0.0835. The largest absolute Gasteiger partial charge is 0.349 e. The Morgan fingerprint density at radius 2 is 2.04 bits per heavy atom. The Bertz CT molecular complexity index is 1150. The van der Waals surface area contributed by atoms with E-state index in [-0.39, 0.29) is 34.6 Å². The van der Waals surface area contributed by atoms with Crippen molar-refractivity contribution < 1.29 is 4.79 Å². The van der Waals surface area contributed by atoms with Crippen molar-refractivity contribution >= 4 is 22.6 Å². The van der Waals surface area contributed by atoms with Gasteiger partial charge in [-0.1, -0.05) is 18.9 Å². The van der Waals surface area contributed by atoms with Gasteiger partial charge in [-0.3, -0.25) is 19.4 Å². The summed E-state index contributed by atoms with van der Waals surface area (Å²) in [5.74, 6) is -0.291. The standard InChI is InChI=1S/C20H23N5O2/c1-12(2)25-17(21)14(19(26)22-13-7-3-4-8-13)11-15-18(25)23-16-9-5-6-10-24(16)20(15)27/h5-6,9-13,21H,3-4,7-8H2,1-2H3,(H,22,26).